The second kappa shape index (κ2) is 4.00. The molecule has 0 spiro atoms. The summed E-state index contributed by atoms with van der Waals surface area (Å²) in [7, 11) is 0. The maximum Gasteiger partial charge on any atom is 0.434 e. The van der Waals surface area contributed by atoms with Crippen LogP contribution >= 0.6 is 15.9 Å². The highest BCUT2D eigenvalue weighted by Gasteiger charge is 2.36. The molecule has 0 aliphatic carbocycles. The van der Waals surface area contributed by atoms with E-state index in [0.717, 1.165) is 6.20 Å². The molecule has 0 aromatic carbocycles. The van der Waals surface area contributed by atoms with Crippen molar-refractivity contribution in [3.63, 3.8) is 0 Å². The molecule has 1 aromatic rings. The molecule has 1 atom stereocenters. The Morgan fingerprint density at radius 1 is 1.31 bits per heavy atom. The van der Waals surface area contributed by atoms with Gasteiger partial charge in [-0.25, -0.2) is 4.98 Å². The first kappa shape index (κ1) is 12.9. The highest BCUT2D eigenvalue weighted by molar-refractivity contribution is 9.10. The number of nitrogens with zero attached hydrogens (tertiary/aromatic N) is 2. The average Bonchev–Trinajstić information content (AvgIpc) is 2.16. The van der Waals surface area contributed by atoms with Crippen molar-refractivity contribution in [3.05, 3.63) is 23.8 Å². The minimum atomic E-state index is -4.59. The molecule has 1 aromatic heterocycles. The lowest BCUT2D eigenvalue weighted by Gasteiger charge is -2.16. The number of hydrogen-bond donors (Lipinski definition) is 1. The molecule has 1 heterocycles. The fourth-order valence-corrected chi connectivity index (χ4v) is 1.03. The van der Waals surface area contributed by atoms with Crippen molar-refractivity contribution in [1.29, 1.82) is 0 Å². The Hall–Kier alpha value is -1.18. The lowest BCUT2D eigenvalue weighted by atomic mass is 10.1. The third-order valence-corrected chi connectivity index (χ3v) is 2.57. The van der Waals surface area contributed by atoms with Crippen LogP contribution in [0.1, 0.15) is 18.3 Å². The molecule has 0 radical (unpaired) electrons. The van der Waals surface area contributed by atoms with Gasteiger partial charge in [-0.05, 0) is 6.92 Å². The van der Waals surface area contributed by atoms with Crippen molar-refractivity contribution in [1.82, 2.24) is 9.97 Å². The third-order valence-electron chi connectivity index (χ3n) is 1.82. The van der Waals surface area contributed by atoms with E-state index in [1.807, 2.05) is 0 Å². The largest absolute Gasteiger partial charge is 0.480 e. The lowest BCUT2D eigenvalue weighted by Crippen LogP contribution is -2.27. The second-order valence-electron chi connectivity index (χ2n) is 3.09. The Labute approximate surface area is 96.7 Å². The molecular formula is C8H6BrF3N2O2. The van der Waals surface area contributed by atoms with Crippen molar-refractivity contribution < 1.29 is 23.1 Å². The monoisotopic (exact) mass is 298 g/mol. The van der Waals surface area contributed by atoms with Gasteiger partial charge in [0.2, 0.25) is 0 Å². The first-order chi connectivity index (χ1) is 7.15. The normalized spacial score (nSPS) is 15.6. The number of aromatic nitrogens is 2. The first-order valence-corrected chi connectivity index (χ1v) is 4.77. The summed E-state index contributed by atoms with van der Waals surface area (Å²) in [6.07, 6.45) is -3.30. The van der Waals surface area contributed by atoms with Crippen LogP contribution in [0.5, 0.6) is 0 Å². The highest BCUT2D eigenvalue weighted by Crippen LogP contribution is 2.31. The van der Waals surface area contributed by atoms with Crippen LogP contribution in [0.4, 0.5) is 13.2 Å². The van der Waals surface area contributed by atoms with E-state index in [1.54, 1.807) is 0 Å². The van der Waals surface area contributed by atoms with Crippen LogP contribution in [-0.2, 0) is 15.3 Å². The van der Waals surface area contributed by atoms with Crippen molar-refractivity contribution in [2.75, 3.05) is 0 Å². The van der Waals surface area contributed by atoms with E-state index in [4.69, 9.17) is 5.11 Å². The summed E-state index contributed by atoms with van der Waals surface area (Å²) in [6.45, 7) is 1.26. The van der Waals surface area contributed by atoms with Crippen LogP contribution < -0.4 is 0 Å². The molecule has 0 bridgehead atoms. The smallest absolute Gasteiger partial charge is 0.434 e. The molecule has 0 saturated heterocycles. The highest BCUT2D eigenvalue weighted by atomic mass is 79.9. The maximum atomic E-state index is 12.1. The topological polar surface area (TPSA) is 63.1 Å². The molecule has 88 valence electrons. The summed E-state index contributed by atoms with van der Waals surface area (Å²) in [5.41, 5.74) is -1.27. The van der Waals surface area contributed by atoms with Crippen molar-refractivity contribution in [2.45, 2.75) is 17.4 Å². The Morgan fingerprint density at radius 2 is 1.75 bits per heavy atom. The van der Waals surface area contributed by atoms with Crippen LogP contribution in [0.15, 0.2) is 12.4 Å². The summed E-state index contributed by atoms with van der Waals surface area (Å²) in [5.74, 6) is -1.26. The van der Waals surface area contributed by atoms with Crippen molar-refractivity contribution in [3.8, 4) is 0 Å². The Balaban J connectivity index is 3.09. The van der Waals surface area contributed by atoms with Crippen LogP contribution in [0.3, 0.4) is 0 Å². The number of halogens is 4. The molecule has 4 nitrogen and oxygen atoms in total. The summed E-state index contributed by atoms with van der Waals surface area (Å²) in [4.78, 5) is 17.3. The van der Waals surface area contributed by atoms with Gasteiger partial charge in [-0.1, -0.05) is 15.9 Å². The van der Waals surface area contributed by atoms with Crippen LogP contribution in [0, 0.1) is 0 Å². The molecule has 0 fully saturated rings. The molecular weight excluding hydrogens is 293 g/mol. The molecule has 0 amide bonds. The second-order valence-corrected chi connectivity index (χ2v) is 4.68. The number of rotatable bonds is 2. The quantitative estimate of drug-likeness (QED) is 0.850. The van der Waals surface area contributed by atoms with E-state index < -0.39 is 22.2 Å². The summed E-state index contributed by atoms with van der Waals surface area (Å²) >= 11 is 2.85. The van der Waals surface area contributed by atoms with Gasteiger partial charge in [0.15, 0.2) is 10.0 Å². The van der Waals surface area contributed by atoms with E-state index in [-0.39, 0.29) is 5.69 Å². The predicted octanol–water partition coefficient (Wildman–Crippen LogP) is 2.19. The number of carboxylic acid groups (broad SMARTS) is 1. The maximum absolute atomic E-state index is 12.1. The summed E-state index contributed by atoms with van der Waals surface area (Å²) < 4.78 is 34.9. The molecule has 0 saturated carbocycles. The minimum Gasteiger partial charge on any atom is -0.480 e. The molecule has 0 aliphatic heterocycles. The van der Waals surface area contributed by atoms with E-state index >= 15 is 0 Å². The summed E-state index contributed by atoms with van der Waals surface area (Å²) in [5, 5.41) is 8.79. The van der Waals surface area contributed by atoms with E-state index in [0.29, 0.717) is 6.20 Å². The van der Waals surface area contributed by atoms with Gasteiger partial charge in [-0.2, -0.15) is 13.2 Å². The van der Waals surface area contributed by atoms with Crippen molar-refractivity contribution in [2.24, 2.45) is 0 Å². The SMILES string of the molecule is CC(Br)(C(=O)O)c1cnc(C(F)(F)F)cn1. The van der Waals surface area contributed by atoms with Crippen molar-refractivity contribution >= 4 is 21.9 Å². The lowest BCUT2D eigenvalue weighted by molar-refractivity contribution is -0.141. The number of aliphatic carboxylic acids is 1. The third kappa shape index (κ3) is 2.49. The van der Waals surface area contributed by atoms with Gasteiger partial charge >= 0.3 is 12.1 Å². The zero-order valence-electron chi connectivity index (χ0n) is 7.92. The Kier molecular flexibility index (Phi) is 3.22. The van der Waals surface area contributed by atoms with Gasteiger partial charge in [0, 0.05) is 0 Å². The van der Waals surface area contributed by atoms with Gasteiger partial charge in [-0.3, -0.25) is 9.78 Å². The van der Waals surface area contributed by atoms with E-state index in [2.05, 4.69) is 25.9 Å². The fourth-order valence-electron chi connectivity index (χ4n) is 0.826. The average molecular weight is 299 g/mol. The number of alkyl halides is 4. The molecule has 1 N–H and O–H groups in total. The number of carbonyl (C=O) groups is 1. The summed E-state index contributed by atoms with van der Waals surface area (Å²) in [6, 6.07) is 0. The molecule has 1 unspecified atom stereocenters. The van der Waals surface area contributed by atoms with E-state index in [1.165, 1.54) is 6.92 Å². The van der Waals surface area contributed by atoms with Gasteiger partial charge in [0.05, 0.1) is 18.1 Å². The Morgan fingerprint density at radius 3 is 2.06 bits per heavy atom. The standard InChI is InChI=1S/C8H6BrF3N2O2/c1-7(9,6(15)16)4-2-14-5(3-13-4)8(10,11)12/h2-3H,1H3,(H,15,16). The van der Waals surface area contributed by atoms with Gasteiger partial charge in [-0.15, -0.1) is 0 Å². The van der Waals surface area contributed by atoms with Gasteiger partial charge in [0.25, 0.3) is 0 Å². The van der Waals surface area contributed by atoms with Gasteiger partial charge < -0.3 is 5.11 Å². The minimum absolute atomic E-state index is 0.104. The number of carboxylic acids is 1. The molecule has 1 rings (SSSR count). The van der Waals surface area contributed by atoms with Crippen LogP contribution in [0.2, 0.25) is 0 Å². The van der Waals surface area contributed by atoms with Crippen LogP contribution in [-0.4, -0.2) is 21.0 Å². The molecule has 16 heavy (non-hydrogen) atoms. The fraction of sp³-hybridized carbons (Fsp3) is 0.375. The molecule has 0 aliphatic rings. The predicted molar refractivity (Wildman–Crippen MR) is 50.9 cm³/mol. The van der Waals surface area contributed by atoms with Gasteiger partial charge in [0.1, 0.15) is 0 Å². The molecule has 8 heteroatoms. The Bertz CT molecular complexity index is 403. The zero-order chi connectivity index (χ0) is 12.6. The zero-order valence-corrected chi connectivity index (χ0v) is 9.50. The first-order valence-electron chi connectivity index (χ1n) is 3.97. The van der Waals surface area contributed by atoms with Crippen LogP contribution in [0.25, 0.3) is 0 Å². The number of hydrogen-bond acceptors (Lipinski definition) is 3. The van der Waals surface area contributed by atoms with E-state index in [9.17, 15) is 18.0 Å².